The number of nitrogens with zero attached hydrogens (tertiary/aromatic N) is 1. The van der Waals surface area contributed by atoms with Gasteiger partial charge in [-0.15, -0.1) is 0 Å². The number of hydrogen-bond acceptors (Lipinski definition) is 5. The molecule has 180 valence electrons. The Hall–Kier alpha value is -4.33. The van der Waals surface area contributed by atoms with E-state index in [0.29, 0.717) is 45.5 Å². The molecule has 0 saturated carbocycles. The summed E-state index contributed by atoms with van der Waals surface area (Å²) in [4.78, 5) is 17.0. The maximum atomic E-state index is 13.3. The number of aromatic nitrogens is 1. The highest BCUT2D eigenvalue weighted by atomic mass is 19.1. The van der Waals surface area contributed by atoms with Crippen molar-refractivity contribution >= 4 is 28.3 Å². The minimum Gasteiger partial charge on any atom is -0.493 e. The number of rotatable bonds is 6. The van der Waals surface area contributed by atoms with Crippen molar-refractivity contribution in [1.29, 1.82) is 0 Å². The Balaban J connectivity index is 1.57. The number of amides is 2. The van der Waals surface area contributed by atoms with Crippen LogP contribution in [-0.4, -0.2) is 25.2 Å². The molecule has 1 aromatic heterocycles. The fourth-order valence-electron chi connectivity index (χ4n) is 3.73. The number of hydrogen-bond donors (Lipinski definition) is 2. The van der Waals surface area contributed by atoms with Crippen molar-refractivity contribution in [2.45, 2.75) is 20.8 Å². The molecule has 3 aromatic carbocycles. The molecular formula is C27H26FN3O4. The van der Waals surface area contributed by atoms with Gasteiger partial charge in [-0.2, -0.15) is 0 Å². The molecule has 0 unspecified atom stereocenters. The van der Waals surface area contributed by atoms with Crippen LogP contribution < -0.4 is 24.8 Å². The summed E-state index contributed by atoms with van der Waals surface area (Å²) in [6, 6.07) is 12.9. The first-order chi connectivity index (χ1) is 16.8. The number of ether oxygens (including phenoxy) is 3. The van der Waals surface area contributed by atoms with Gasteiger partial charge in [0.05, 0.1) is 19.7 Å². The van der Waals surface area contributed by atoms with Gasteiger partial charge in [0, 0.05) is 29.0 Å². The average molecular weight is 476 g/mol. The lowest BCUT2D eigenvalue weighted by Gasteiger charge is -2.16. The Kier molecular flexibility index (Phi) is 6.73. The van der Waals surface area contributed by atoms with Gasteiger partial charge in [-0.1, -0.05) is 0 Å². The zero-order valence-electron chi connectivity index (χ0n) is 20.2. The first-order valence-corrected chi connectivity index (χ1v) is 10.9. The number of carbonyl (C=O) groups excluding carboxylic acids is 1. The van der Waals surface area contributed by atoms with E-state index in [-0.39, 0.29) is 5.82 Å². The van der Waals surface area contributed by atoms with E-state index in [0.717, 1.165) is 16.5 Å². The van der Waals surface area contributed by atoms with E-state index in [9.17, 15) is 9.18 Å². The molecule has 2 N–H and O–H groups in total. The topological polar surface area (TPSA) is 81.7 Å². The maximum Gasteiger partial charge on any atom is 0.323 e. The monoisotopic (exact) mass is 475 g/mol. The number of halogens is 1. The van der Waals surface area contributed by atoms with Crippen molar-refractivity contribution in [1.82, 2.24) is 4.98 Å². The van der Waals surface area contributed by atoms with Gasteiger partial charge in [0.1, 0.15) is 17.3 Å². The van der Waals surface area contributed by atoms with E-state index in [1.54, 1.807) is 39.5 Å². The highest BCUT2D eigenvalue weighted by molar-refractivity contribution is 6.00. The van der Waals surface area contributed by atoms with Crippen LogP contribution in [0.15, 0.2) is 54.7 Å². The van der Waals surface area contributed by atoms with Gasteiger partial charge >= 0.3 is 6.03 Å². The first kappa shape index (κ1) is 23.8. The number of urea groups is 1. The van der Waals surface area contributed by atoms with Crippen molar-refractivity contribution in [3.8, 4) is 23.0 Å². The van der Waals surface area contributed by atoms with Crippen LogP contribution in [0.3, 0.4) is 0 Å². The molecule has 0 spiro atoms. The van der Waals surface area contributed by atoms with Crippen molar-refractivity contribution in [2.24, 2.45) is 0 Å². The Morgan fingerprint density at radius 1 is 0.771 bits per heavy atom. The van der Waals surface area contributed by atoms with Gasteiger partial charge < -0.3 is 24.8 Å². The fourth-order valence-corrected chi connectivity index (χ4v) is 3.73. The quantitative estimate of drug-likeness (QED) is 0.322. The molecular weight excluding hydrogens is 449 g/mol. The lowest BCUT2D eigenvalue weighted by Crippen LogP contribution is -2.20. The molecule has 0 aliphatic rings. The second-order valence-corrected chi connectivity index (χ2v) is 8.11. The third-order valence-electron chi connectivity index (χ3n) is 5.63. The van der Waals surface area contributed by atoms with Crippen LogP contribution in [0.5, 0.6) is 23.0 Å². The molecule has 0 atom stereocenters. The SMILES string of the molecule is COc1cc2nccc(Oc3cc(C)c(NC(=O)Nc4ccc(F)cc4C)cc3C)c2cc1OC. The summed E-state index contributed by atoms with van der Waals surface area (Å²) in [5, 5.41) is 6.38. The van der Waals surface area contributed by atoms with Crippen molar-refractivity contribution in [3.05, 3.63) is 77.2 Å². The number of fused-ring (bicyclic) bond motifs is 1. The van der Waals surface area contributed by atoms with Crippen LogP contribution >= 0.6 is 0 Å². The molecule has 8 heteroatoms. The summed E-state index contributed by atoms with van der Waals surface area (Å²) in [6.45, 7) is 5.51. The Morgan fingerprint density at radius 3 is 2.17 bits per heavy atom. The fraction of sp³-hybridized carbons (Fsp3) is 0.185. The van der Waals surface area contributed by atoms with Crippen molar-refractivity contribution in [2.75, 3.05) is 24.9 Å². The molecule has 0 fully saturated rings. The predicted molar refractivity (Wildman–Crippen MR) is 135 cm³/mol. The summed E-state index contributed by atoms with van der Waals surface area (Å²) < 4.78 is 30.4. The zero-order chi connectivity index (χ0) is 25.1. The third kappa shape index (κ3) is 5.11. The highest BCUT2D eigenvalue weighted by Crippen LogP contribution is 2.38. The minimum atomic E-state index is -0.419. The van der Waals surface area contributed by atoms with Crippen LogP contribution in [-0.2, 0) is 0 Å². The molecule has 1 heterocycles. The summed E-state index contributed by atoms with van der Waals surface area (Å²) in [5.41, 5.74) is 4.16. The van der Waals surface area contributed by atoms with Gasteiger partial charge in [-0.3, -0.25) is 4.98 Å². The van der Waals surface area contributed by atoms with E-state index >= 15 is 0 Å². The average Bonchev–Trinajstić information content (AvgIpc) is 2.83. The molecule has 0 radical (unpaired) electrons. The minimum absolute atomic E-state index is 0.352. The van der Waals surface area contributed by atoms with Crippen molar-refractivity contribution < 1.29 is 23.4 Å². The molecule has 0 saturated heterocycles. The zero-order valence-corrected chi connectivity index (χ0v) is 20.2. The van der Waals surface area contributed by atoms with E-state index in [4.69, 9.17) is 14.2 Å². The molecule has 4 aromatic rings. The molecule has 0 aliphatic heterocycles. The number of nitrogens with one attached hydrogen (secondary N) is 2. The van der Waals surface area contributed by atoms with Crippen LogP contribution in [0, 0.1) is 26.6 Å². The largest absolute Gasteiger partial charge is 0.493 e. The van der Waals surface area contributed by atoms with Crippen LogP contribution in [0.25, 0.3) is 10.9 Å². The van der Waals surface area contributed by atoms with E-state index in [1.165, 1.54) is 18.2 Å². The summed E-state index contributed by atoms with van der Waals surface area (Å²) >= 11 is 0. The molecule has 0 aliphatic carbocycles. The lowest BCUT2D eigenvalue weighted by molar-refractivity contribution is 0.262. The number of carbonyl (C=O) groups is 1. The molecule has 35 heavy (non-hydrogen) atoms. The van der Waals surface area contributed by atoms with E-state index in [1.807, 2.05) is 32.0 Å². The Labute approximate surface area is 202 Å². The predicted octanol–water partition coefficient (Wildman–Crippen LogP) is 6.75. The Morgan fingerprint density at radius 2 is 1.46 bits per heavy atom. The second-order valence-electron chi connectivity index (χ2n) is 8.11. The third-order valence-corrected chi connectivity index (χ3v) is 5.63. The van der Waals surface area contributed by atoms with Crippen LogP contribution in [0.2, 0.25) is 0 Å². The molecule has 2 amide bonds. The number of aryl methyl sites for hydroxylation is 3. The van der Waals surface area contributed by atoms with Crippen LogP contribution in [0.1, 0.15) is 16.7 Å². The first-order valence-electron chi connectivity index (χ1n) is 10.9. The number of methoxy groups -OCH3 is 2. The van der Waals surface area contributed by atoms with Gasteiger partial charge in [0.25, 0.3) is 0 Å². The molecule has 7 nitrogen and oxygen atoms in total. The normalized spacial score (nSPS) is 10.7. The van der Waals surface area contributed by atoms with Crippen molar-refractivity contribution in [3.63, 3.8) is 0 Å². The van der Waals surface area contributed by atoms with E-state index < -0.39 is 6.03 Å². The van der Waals surface area contributed by atoms with Crippen LogP contribution in [0.4, 0.5) is 20.6 Å². The smallest absolute Gasteiger partial charge is 0.323 e. The van der Waals surface area contributed by atoms with Gasteiger partial charge in [-0.25, -0.2) is 9.18 Å². The van der Waals surface area contributed by atoms with Gasteiger partial charge in [0.2, 0.25) is 0 Å². The molecule has 0 bridgehead atoms. The highest BCUT2D eigenvalue weighted by Gasteiger charge is 2.14. The standard InChI is InChI=1S/C27H26FN3O4/c1-15-10-18(28)6-7-20(15)30-27(32)31-21-11-17(3)24(12-16(21)2)35-23-8-9-29-22-14-26(34-5)25(33-4)13-19(22)23/h6-14H,1-5H3,(H2,30,31,32). The summed E-state index contributed by atoms with van der Waals surface area (Å²) in [6.07, 6.45) is 1.67. The van der Waals surface area contributed by atoms with Gasteiger partial charge in [-0.05, 0) is 79.9 Å². The Bertz CT molecular complexity index is 1420. The number of benzene rings is 3. The number of pyridine rings is 1. The van der Waals surface area contributed by atoms with Gasteiger partial charge in [0.15, 0.2) is 11.5 Å². The maximum absolute atomic E-state index is 13.3. The number of anilines is 2. The lowest BCUT2D eigenvalue weighted by atomic mass is 10.1. The summed E-state index contributed by atoms with van der Waals surface area (Å²) in [7, 11) is 3.15. The van der Waals surface area contributed by atoms with E-state index in [2.05, 4.69) is 15.6 Å². The molecule has 4 rings (SSSR count). The summed E-state index contributed by atoms with van der Waals surface area (Å²) in [5.74, 6) is 2.07. The second kappa shape index (κ2) is 9.89.